The van der Waals surface area contributed by atoms with E-state index in [0.717, 1.165) is 5.56 Å². The highest BCUT2D eigenvalue weighted by Gasteiger charge is 2.18. The number of hydrogen-bond donors (Lipinski definition) is 2. The third-order valence-corrected chi connectivity index (χ3v) is 4.03. The number of anilines is 1. The fourth-order valence-electron chi connectivity index (χ4n) is 2.82. The number of fused-ring (bicyclic) bond motifs is 1. The molecule has 0 saturated heterocycles. The van der Waals surface area contributed by atoms with Crippen LogP contribution in [0.5, 0.6) is 17.2 Å². The molecule has 1 heterocycles. The van der Waals surface area contributed by atoms with Crippen LogP contribution >= 0.6 is 0 Å². The first-order valence-corrected chi connectivity index (χ1v) is 8.02. The second-order valence-electron chi connectivity index (χ2n) is 6.10. The zero-order valence-corrected chi connectivity index (χ0v) is 14.7. The largest absolute Gasteiger partial charge is 0.481 e. The lowest BCUT2D eigenvalue weighted by molar-refractivity contribution is -0.139. The third-order valence-electron chi connectivity index (χ3n) is 4.03. The SMILES string of the molecule is Cc1cc2c(cc1NC(=O)c1cc(C)c(OCC(=O)O)c(C)c1)OCO2. The molecule has 0 bridgehead atoms. The Bertz CT molecular complexity index is 867. The van der Waals surface area contributed by atoms with Crippen LogP contribution in [0.2, 0.25) is 0 Å². The second kappa shape index (κ2) is 6.95. The van der Waals surface area contributed by atoms with Crippen LogP contribution in [-0.4, -0.2) is 30.4 Å². The normalized spacial score (nSPS) is 12.0. The maximum atomic E-state index is 12.6. The van der Waals surface area contributed by atoms with Crippen LogP contribution in [0.25, 0.3) is 0 Å². The summed E-state index contributed by atoms with van der Waals surface area (Å²) in [5, 5.41) is 11.6. The van der Waals surface area contributed by atoms with E-state index in [2.05, 4.69) is 5.32 Å². The number of aryl methyl sites for hydroxylation is 3. The van der Waals surface area contributed by atoms with Gasteiger partial charge in [-0.2, -0.15) is 0 Å². The van der Waals surface area contributed by atoms with Crippen molar-refractivity contribution in [3.05, 3.63) is 46.5 Å². The molecule has 0 fully saturated rings. The van der Waals surface area contributed by atoms with Gasteiger partial charge in [0.2, 0.25) is 6.79 Å². The average molecular weight is 357 g/mol. The number of carboxylic acid groups (broad SMARTS) is 1. The fraction of sp³-hybridized carbons (Fsp3) is 0.263. The molecule has 136 valence electrons. The van der Waals surface area contributed by atoms with E-state index in [0.29, 0.717) is 39.6 Å². The molecule has 7 heteroatoms. The Kier molecular flexibility index (Phi) is 4.71. The highest BCUT2D eigenvalue weighted by Crippen LogP contribution is 2.37. The van der Waals surface area contributed by atoms with Crippen LogP contribution < -0.4 is 19.5 Å². The summed E-state index contributed by atoms with van der Waals surface area (Å²) in [6, 6.07) is 6.89. The average Bonchev–Trinajstić information content (AvgIpc) is 3.00. The summed E-state index contributed by atoms with van der Waals surface area (Å²) < 4.78 is 16.0. The number of hydrogen-bond acceptors (Lipinski definition) is 5. The number of carboxylic acids is 1. The first-order chi connectivity index (χ1) is 12.3. The Hall–Kier alpha value is -3.22. The van der Waals surface area contributed by atoms with Gasteiger partial charge in [0.25, 0.3) is 5.91 Å². The molecule has 26 heavy (non-hydrogen) atoms. The lowest BCUT2D eigenvalue weighted by Gasteiger charge is -2.14. The van der Waals surface area contributed by atoms with Crippen molar-refractivity contribution in [3.8, 4) is 17.2 Å². The van der Waals surface area contributed by atoms with Gasteiger partial charge in [-0.1, -0.05) is 0 Å². The molecule has 0 atom stereocenters. The number of amides is 1. The molecule has 0 aromatic heterocycles. The summed E-state index contributed by atoms with van der Waals surface area (Å²) >= 11 is 0. The van der Waals surface area contributed by atoms with E-state index < -0.39 is 12.6 Å². The predicted octanol–water partition coefficient (Wildman–Crippen LogP) is 3.06. The molecule has 3 rings (SSSR count). The van der Waals surface area contributed by atoms with Gasteiger partial charge in [0.1, 0.15) is 5.75 Å². The third kappa shape index (κ3) is 3.56. The van der Waals surface area contributed by atoms with Crippen molar-refractivity contribution in [1.29, 1.82) is 0 Å². The minimum atomic E-state index is -1.05. The van der Waals surface area contributed by atoms with E-state index in [1.165, 1.54) is 0 Å². The Morgan fingerprint density at radius 3 is 2.27 bits per heavy atom. The minimum Gasteiger partial charge on any atom is -0.481 e. The number of carbonyl (C=O) groups is 2. The highest BCUT2D eigenvalue weighted by atomic mass is 16.7. The number of rotatable bonds is 5. The smallest absolute Gasteiger partial charge is 0.341 e. The molecule has 2 N–H and O–H groups in total. The van der Waals surface area contributed by atoms with Gasteiger partial charge in [-0.15, -0.1) is 0 Å². The van der Waals surface area contributed by atoms with Gasteiger partial charge in [-0.25, -0.2) is 4.79 Å². The van der Waals surface area contributed by atoms with Crippen molar-refractivity contribution in [2.75, 3.05) is 18.7 Å². The van der Waals surface area contributed by atoms with Gasteiger partial charge in [-0.05, 0) is 55.7 Å². The van der Waals surface area contributed by atoms with Gasteiger partial charge in [0, 0.05) is 17.3 Å². The van der Waals surface area contributed by atoms with Crippen molar-refractivity contribution < 1.29 is 28.9 Å². The molecule has 2 aromatic carbocycles. The van der Waals surface area contributed by atoms with Crippen molar-refractivity contribution in [2.45, 2.75) is 20.8 Å². The molecule has 0 spiro atoms. The van der Waals surface area contributed by atoms with Crippen LogP contribution in [0.3, 0.4) is 0 Å². The van der Waals surface area contributed by atoms with Crippen LogP contribution in [0.4, 0.5) is 5.69 Å². The van der Waals surface area contributed by atoms with Gasteiger partial charge >= 0.3 is 5.97 Å². The Morgan fingerprint density at radius 2 is 1.65 bits per heavy atom. The van der Waals surface area contributed by atoms with E-state index in [9.17, 15) is 9.59 Å². The Morgan fingerprint density at radius 1 is 1.04 bits per heavy atom. The number of aliphatic carboxylic acids is 1. The summed E-state index contributed by atoms with van der Waals surface area (Å²) in [6.07, 6.45) is 0. The molecular weight excluding hydrogens is 338 g/mol. The molecule has 1 aliphatic rings. The van der Waals surface area contributed by atoms with E-state index in [4.69, 9.17) is 19.3 Å². The molecule has 0 aliphatic carbocycles. The maximum Gasteiger partial charge on any atom is 0.341 e. The molecule has 7 nitrogen and oxygen atoms in total. The molecule has 1 amide bonds. The maximum absolute atomic E-state index is 12.6. The number of nitrogens with one attached hydrogen (secondary N) is 1. The van der Waals surface area contributed by atoms with Crippen LogP contribution in [0.15, 0.2) is 24.3 Å². The molecule has 0 saturated carbocycles. The Balaban J connectivity index is 1.81. The highest BCUT2D eigenvalue weighted by molar-refractivity contribution is 6.05. The molecule has 0 unspecified atom stereocenters. The Labute approximate surface area is 150 Å². The topological polar surface area (TPSA) is 94.1 Å². The van der Waals surface area contributed by atoms with Crippen molar-refractivity contribution >= 4 is 17.6 Å². The monoisotopic (exact) mass is 357 g/mol. The quantitative estimate of drug-likeness (QED) is 0.854. The summed E-state index contributed by atoms with van der Waals surface area (Å²) in [6.45, 7) is 5.16. The molecule has 1 aliphatic heterocycles. The number of ether oxygens (including phenoxy) is 3. The zero-order valence-electron chi connectivity index (χ0n) is 14.7. The van der Waals surface area contributed by atoms with Gasteiger partial charge in [0.05, 0.1) is 0 Å². The van der Waals surface area contributed by atoms with Gasteiger partial charge in [-0.3, -0.25) is 4.79 Å². The van der Waals surface area contributed by atoms with E-state index >= 15 is 0 Å². The van der Waals surface area contributed by atoms with E-state index in [1.54, 1.807) is 32.0 Å². The van der Waals surface area contributed by atoms with Gasteiger partial charge < -0.3 is 24.6 Å². The van der Waals surface area contributed by atoms with E-state index in [-0.39, 0.29) is 12.7 Å². The van der Waals surface area contributed by atoms with Gasteiger partial charge in [0.15, 0.2) is 18.1 Å². The van der Waals surface area contributed by atoms with E-state index in [1.807, 2.05) is 13.0 Å². The second-order valence-corrected chi connectivity index (χ2v) is 6.10. The zero-order chi connectivity index (χ0) is 18.8. The molecule has 0 radical (unpaired) electrons. The molecular formula is C19H19NO6. The summed E-state index contributed by atoms with van der Waals surface area (Å²) in [5.74, 6) is 0.401. The molecule has 2 aromatic rings. The predicted molar refractivity (Wildman–Crippen MR) is 94.3 cm³/mol. The number of benzene rings is 2. The van der Waals surface area contributed by atoms with Crippen molar-refractivity contribution in [1.82, 2.24) is 0 Å². The lowest BCUT2D eigenvalue weighted by atomic mass is 10.0. The van der Waals surface area contributed by atoms with Crippen LogP contribution in [0, 0.1) is 20.8 Å². The van der Waals surface area contributed by atoms with Crippen molar-refractivity contribution in [3.63, 3.8) is 0 Å². The first-order valence-electron chi connectivity index (χ1n) is 8.02. The first kappa shape index (κ1) is 17.6. The summed E-state index contributed by atoms with van der Waals surface area (Å²) in [5.41, 5.74) is 3.34. The minimum absolute atomic E-state index is 0.169. The van der Waals surface area contributed by atoms with Crippen LogP contribution in [-0.2, 0) is 4.79 Å². The standard InChI is InChI=1S/C19H19NO6/c1-10-6-15-16(26-9-25-15)7-14(10)20-19(23)13-4-11(2)18(12(3)5-13)24-8-17(21)22/h4-7H,8-9H2,1-3H3,(H,20,23)(H,21,22). The van der Waals surface area contributed by atoms with Crippen LogP contribution in [0.1, 0.15) is 27.0 Å². The lowest BCUT2D eigenvalue weighted by Crippen LogP contribution is -2.15. The van der Waals surface area contributed by atoms with Crippen molar-refractivity contribution in [2.24, 2.45) is 0 Å². The summed E-state index contributed by atoms with van der Waals surface area (Å²) in [7, 11) is 0. The summed E-state index contributed by atoms with van der Waals surface area (Å²) in [4.78, 5) is 23.3. The number of carbonyl (C=O) groups excluding carboxylic acids is 1. The fourth-order valence-corrected chi connectivity index (χ4v) is 2.82.